The number of likely N-dealkylation sites (tertiary alicyclic amines) is 1. The predicted octanol–water partition coefficient (Wildman–Crippen LogP) is -1.39. The Morgan fingerprint density at radius 1 is 1.18 bits per heavy atom. The van der Waals surface area contributed by atoms with Gasteiger partial charge in [0.25, 0.3) is 0 Å². The average Bonchev–Trinajstić information content (AvgIpc) is 2.29. The van der Waals surface area contributed by atoms with Crippen LogP contribution in [0.15, 0.2) is 0 Å². The van der Waals surface area contributed by atoms with Crippen LogP contribution in [-0.4, -0.2) is 66.7 Å². The van der Waals surface area contributed by atoms with Gasteiger partial charge in [0, 0.05) is 39.0 Å². The summed E-state index contributed by atoms with van der Waals surface area (Å²) < 4.78 is 0. The molecule has 2 heterocycles. The molecule has 94 valence electrons. The van der Waals surface area contributed by atoms with Gasteiger partial charge in [-0.2, -0.15) is 0 Å². The molecule has 0 aromatic heterocycles. The van der Waals surface area contributed by atoms with Gasteiger partial charge in [0.1, 0.15) is 5.78 Å². The molecule has 2 rings (SSSR count). The third-order valence-corrected chi connectivity index (χ3v) is 3.15. The molecular formula is C11H17N3O3. The van der Waals surface area contributed by atoms with Crippen LogP contribution in [0.1, 0.15) is 12.8 Å². The highest BCUT2D eigenvalue weighted by Crippen LogP contribution is 2.06. The summed E-state index contributed by atoms with van der Waals surface area (Å²) in [4.78, 5) is 37.7. The van der Waals surface area contributed by atoms with E-state index >= 15 is 0 Å². The fourth-order valence-corrected chi connectivity index (χ4v) is 2.12. The molecule has 0 aliphatic carbocycles. The minimum atomic E-state index is -0.0297. The van der Waals surface area contributed by atoms with Crippen molar-refractivity contribution in [3.8, 4) is 0 Å². The zero-order chi connectivity index (χ0) is 12.3. The van der Waals surface area contributed by atoms with Crippen LogP contribution in [0.2, 0.25) is 0 Å². The maximum Gasteiger partial charge on any atom is 0.236 e. The van der Waals surface area contributed by atoms with Crippen LogP contribution in [0.3, 0.4) is 0 Å². The lowest BCUT2D eigenvalue weighted by atomic mass is 10.1. The molecule has 2 saturated heterocycles. The Balaban J connectivity index is 1.80. The van der Waals surface area contributed by atoms with Crippen LogP contribution in [-0.2, 0) is 14.4 Å². The van der Waals surface area contributed by atoms with Crippen molar-refractivity contribution in [3.63, 3.8) is 0 Å². The molecule has 2 aliphatic rings. The number of Topliss-reactive ketones (excluding diaryl/α,β-unsaturated/α-hetero) is 1. The van der Waals surface area contributed by atoms with Crippen molar-refractivity contribution < 1.29 is 14.4 Å². The van der Waals surface area contributed by atoms with Crippen LogP contribution >= 0.6 is 0 Å². The third kappa shape index (κ3) is 3.26. The number of ketones is 1. The highest BCUT2D eigenvalue weighted by Gasteiger charge is 2.24. The summed E-state index contributed by atoms with van der Waals surface area (Å²) in [6.07, 6.45) is 0.929. The first kappa shape index (κ1) is 12.0. The van der Waals surface area contributed by atoms with Crippen molar-refractivity contribution in [3.05, 3.63) is 0 Å². The second-order valence-corrected chi connectivity index (χ2v) is 4.48. The molecule has 0 aromatic rings. The first-order valence-electron chi connectivity index (χ1n) is 5.93. The number of piperidine rings is 1. The molecule has 6 nitrogen and oxygen atoms in total. The number of carbonyl (C=O) groups excluding carboxylic acids is 3. The van der Waals surface area contributed by atoms with Crippen molar-refractivity contribution >= 4 is 17.6 Å². The van der Waals surface area contributed by atoms with Crippen molar-refractivity contribution in [2.45, 2.75) is 12.8 Å². The number of nitrogens with one attached hydrogen (secondary N) is 1. The maximum atomic E-state index is 11.9. The van der Waals surface area contributed by atoms with Gasteiger partial charge >= 0.3 is 0 Å². The first-order valence-corrected chi connectivity index (χ1v) is 5.93. The number of rotatable bonds is 2. The smallest absolute Gasteiger partial charge is 0.236 e. The molecule has 2 aliphatic heterocycles. The normalized spacial score (nSPS) is 22.5. The van der Waals surface area contributed by atoms with E-state index < -0.39 is 0 Å². The first-order chi connectivity index (χ1) is 8.15. The van der Waals surface area contributed by atoms with Crippen LogP contribution in [0.5, 0.6) is 0 Å². The van der Waals surface area contributed by atoms with E-state index in [4.69, 9.17) is 0 Å². The average molecular weight is 239 g/mol. The summed E-state index contributed by atoms with van der Waals surface area (Å²) in [6, 6.07) is 0. The molecule has 0 radical (unpaired) electrons. The fraction of sp³-hybridized carbons (Fsp3) is 0.727. The van der Waals surface area contributed by atoms with Crippen molar-refractivity contribution in [1.82, 2.24) is 15.1 Å². The highest BCUT2D eigenvalue weighted by atomic mass is 16.2. The molecule has 0 saturated carbocycles. The van der Waals surface area contributed by atoms with Crippen molar-refractivity contribution in [2.24, 2.45) is 0 Å². The minimum Gasteiger partial charge on any atom is -0.354 e. The number of piperazine rings is 1. The summed E-state index contributed by atoms with van der Waals surface area (Å²) in [5.74, 6) is 0.219. The van der Waals surface area contributed by atoms with Gasteiger partial charge < -0.3 is 10.2 Å². The molecule has 1 N–H and O–H groups in total. The van der Waals surface area contributed by atoms with E-state index in [1.54, 1.807) is 4.90 Å². The topological polar surface area (TPSA) is 69.7 Å². The second kappa shape index (κ2) is 5.27. The van der Waals surface area contributed by atoms with E-state index in [2.05, 4.69) is 5.32 Å². The zero-order valence-corrected chi connectivity index (χ0v) is 9.78. The van der Waals surface area contributed by atoms with Crippen molar-refractivity contribution in [2.75, 3.05) is 39.3 Å². The van der Waals surface area contributed by atoms with E-state index in [0.29, 0.717) is 45.6 Å². The molecule has 0 aromatic carbocycles. The number of amides is 2. The Morgan fingerprint density at radius 3 is 2.53 bits per heavy atom. The number of carbonyl (C=O) groups is 3. The number of nitrogens with zero attached hydrogens (tertiary/aromatic N) is 2. The molecule has 6 heteroatoms. The van der Waals surface area contributed by atoms with Crippen LogP contribution in [0.25, 0.3) is 0 Å². The van der Waals surface area contributed by atoms with Crippen molar-refractivity contribution in [1.29, 1.82) is 0 Å². The lowest BCUT2D eigenvalue weighted by Gasteiger charge is -2.31. The van der Waals surface area contributed by atoms with Gasteiger partial charge in [-0.15, -0.1) is 0 Å². The van der Waals surface area contributed by atoms with Gasteiger partial charge in [-0.3, -0.25) is 19.3 Å². The lowest BCUT2D eigenvalue weighted by molar-refractivity contribution is -0.136. The quantitative estimate of drug-likeness (QED) is 0.644. The molecule has 0 spiro atoms. The largest absolute Gasteiger partial charge is 0.354 e. The van der Waals surface area contributed by atoms with Gasteiger partial charge in [0.05, 0.1) is 13.1 Å². The second-order valence-electron chi connectivity index (χ2n) is 4.48. The Labute approximate surface area is 99.9 Å². The van der Waals surface area contributed by atoms with E-state index in [9.17, 15) is 14.4 Å². The molecule has 2 amide bonds. The van der Waals surface area contributed by atoms with Gasteiger partial charge in [0.15, 0.2) is 0 Å². The lowest BCUT2D eigenvalue weighted by Crippen LogP contribution is -2.52. The van der Waals surface area contributed by atoms with Gasteiger partial charge in [-0.05, 0) is 0 Å². The summed E-state index contributed by atoms with van der Waals surface area (Å²) in [5.41, 5.74) is 0. The third-order valence-electron chi connectivity index (χ3n) is 3.15. The highest BCUT2D eigenvalue weighted by molar-refractivity contribution is 5.85. The maximum absolute atomic E-state index is 11.9. The Morgan fingerprint density at radius 2 is 1.88 bits per heavy atom. The Hall–Kier alpha value is -1.43. The molecular weight excluding hydrogens is 222 g/mol. The Kier molecular flexibility index (Phi) is 3.73. The molecule has 0 bridgehead atoms. The van der Waals surface area contributed by atoms with E-state index in [1.807, 2.05) is 4.90 Å². The summed E-state index contributed by atoms with van der Waals surface area (Å²) in [5, 5.41) is 2.72. The van der Waals surface area contributed by atoms with Gasteiger partial charge in [-0.25, -0.2) is 0 Å². The monoisotopic (exact) mass is 239 g/mol. The molecule has 0 atom stereocenters. The molecule has 2 fully saturated rings. The SMILES string of the molecule is O=C1CCN(C(=O)CN2CCNC(=O)C2)CC1. The van der Waals surface area contributed by atoms with Gasteiger partial charge in [0.2, 0.25) is 11.8 Å². The van der Waals surface area contributed by atoms with Gasteiger partial charge in [-0.1, -0.05) is 0 Å². The van der Waals surface area contributed by atoms with Crippen LogP contribution in [0.4, 0.5) is 0 Å². The Bertz CT molecular complexity index is 333. The van der Waals surface area contributed by atoms with Crippen LogP contribution < -0.4 is 5.32 Å². The summed E-state index contributed by atoms with van der Waals surface area (Å²) in [7, 11) is 0. The fourth-order valence-electron chi connectivity index (χ4n) is 2.12. The molecule has 17 heavy (non-hydrogen) atoms. The summed E-state index contributed by atoms with van der Waals surface area (Å²) >= 11 is 0. The predicted molar refractivity (Wildman–Crippen MR) is 60.3 cm³/mol. The zero-order valence-electron chi connectivity index (χ0n) is 9.78. The van der Waals surface area contributed by atoms with E-state index in [1.165, 1.54) is 0 Å². The standard InChI is InChI=1S/C11H17N3O3/c15-9-1-4-14(5-2-9)11(17)8-13-6-3-12-10(16)7-13/h1-8H2,(H,12,16). The van der Waals surface area contributed by atoms with E-state index in [0.717, 1.165) is 0 Å². The summed E-state index contributed by atoms with van der Waals surface area (Å²) in [6.45, 7) is 2.93. The number of hydrogen-bond donors (Lipinski definition) is 1. The molecule has 0 unspecified atom stereocenters. The number of hydrogen-bond acceptors (Lipinski definition) is 4. The minimum absolute atomic E-state index is 0.0206. The van der Waals surface area contributed by atoms with E-state index in [-0.39, 0.29) is 24.1 Å². The van der Waals surface area contributed by atoms with Crippen LogP contribution in [0, 0.1) is 0 Å².